The number of benzene rings is 3. The van der Waals surface area contributed by atoms with Gasteiger partial charge in [0.15, 0.2) is 18.1 Å². The summed E-state index contributed by atoms with van der Waals surface area (Å²) in [5.41, 5.74) is 1.61. The number of hydrogen-bond donors (Lipinski definition) is 1. The fraction of sp³-hybridized carbons (Fsp3) is 0.333. The van der Waals surface area contributed by atoms with Crippen LogP contribution >= 0.6 is 11.6 Å². The molecule has 0 spiro atoms. The van der Waals surface area contributed by atoms with Gasteiger partial charge < -0.3 is 29.2 Å². The minimum atomic E-state index is -3.66. The van der Waals surface area contributed by atoms with Crippen LogP contribution in [0.2, 0.25) is 5.02 Å². The fourth-order valence-corrected chi connectivity index (χ4v) is 6.16. The first-order valence-electron chi connectivity index (χ1n) is 13.7. The van der Waals surface area contributed by atoms with E-state index in [1.54, 1.807) is 43.3 Å². The summed E-state index contributed by atoms with van der Waals surface area (Å²) in [6.07, 6.45) is 0. The standard InChI is InChI=1S/C30H32ClN3O8S/c1-21(30(36)32-17-23-4-11-27-28(16-23)42-20-41-27)34(18-22-2-5-24(31)6-3-22)29(35)19-40-25-7-9-26(10-8-25)43(37,38)33-12-14-39-15-13-33/h2-11,16,21H,12-15,17-20H2,1H3,(H,32,36)/t21-/m1/s1. The topological polar surface area (TPSA) is 124 Å². The minimum Gasteiger partial charge on any atom is -0.484 e. The third-order valence-corrected chi connectivity index (χ3v) is 9.30. The van der Waals surface area contributed by atoms with Crippen molar-refractivity contribution in [3.8, 4) is 17.2 Å². The van der Waals surface area contributed by atoms with Gasteiger partial charge >= 0.3 is 0 Å². The molecule has 2 amide bonds. The molecule has 0 unspecified atom stereocenters. The molecule has 13 heteroatoms. The van der Waals surface area contributed by atoms with Crippen LogP contribution in [0.4, 0.5) is 0 Å². The van der Waals surface area contributed by atoms with Crippen LogP contribution in [-0.4, -0.2) is 75.2 Å². The number of morpholine rings is 1. The van der Waals surface area contributed by atoms with Crippen molar-refractivity contribution in [3.63, 3.8) is 0 Å². The summed E-state index contributed by atoms with van der Waals surface area (Å²) in [5, 5.41) is 3.44. The SMILES string of the molecule is C[C@H](C(=O)NCc1ccc2c(c1)OCO2)N(Cc1ccc(Cl)cc1)C(=O)COc1ccc(S(=O)(=O)N2CCOCC2)cc1. The lowest BCUT2D eigenvalue weighted by molar-refractivity contribution is -0.142. The Kier molecular flexibility index (Phi) is 9.71. The van der Waals surface area contributed by atoms with Gasteiger partial charge in [-0.25, -0.2) is 8.42 Å². The van der Waals surface area contributed by atoms with Gasteiger partial charge in [-0.15, -0.1) is 0 Å². The van der Waals surface area contributed by atoms with E-state index in [1.165, 1.54) is 33.5 Å². The summed E-state index contributed by atoms with van der Waals surface area (Å²) < 4.78 is 48.9. The molecular formula is C30H32ClN3O8S. The summed E-state index contributed by atoms with van der Waals surface area (Å²) >= 11 is 6.03. The van der Waals surface area contributed by atoms with Crippen LogP contribution in [0.15, 0.2) is 71.6 Å². The average molecular weight is 630 g/mol. The smallest absolute Gasteiger partial charge is 0.261 e. The molecular weight excluding hydrogens is 598 g/mol. The molecule has 0 aliphatic carbocycles. The largest absolute Gasteiger partial charge is 0.484 e. The van der Waals surface area contributed by atoms with E-state index in [9.17, 15) is 18.0 Å². The van der Waals surface area contributed by atoms with Crippen molar-refractivity contribution in [2.75, 3.05) is 39.7 Å². The molecule has 5 rings (SSSR count). The molecule has 3 aromatic carbocycles. The van der Waals surface area contributed by atoms with Crippen molar-refractivity contribution in [1.82, 2.24) is 14.5 Å². The summed E-state index contributed by atoms with van der Waals surface area (Å²) in [6.45, 7) is 3.12. The van der Waals surface area contributed by atoms with Crippen LogP contribution in [0.5, 0.6) is 17.2 Å². The Morgan fingerprint density at radius 2 is 1.65 bits per heavy atom. The number of rotatable bonds is 11. The van der Waals surface area contributed by atoms with Gasteiger partial charge in [-0.2, -0.15) is 4.31 Å². The Morgan fingerprint density at radius 1 is 0.977 bits per heavy atom. The summed E-state index contributed by atoms with van der Waals surface area (Å²) in [4.78, 5) is 28.2. The van der Waals surface area contributed by atoms with E-state index < -0.39 is 22.0 Å². The molecule has 2 heterocycles. The average Bonchev–Trinajstić information content (AvgIpc) is 3.50. The Morgan fingerprint density at radius 3 is 2.37 bits per heavy atom. The number of carbonyl (C=O) groups excluding carboxylic acids is 2. The monoisotopic (exact) mass is 629 g/mol. The number of hydrogen-bond acceptors (Lipinski definition) is 8. The molecule has 0 radical (unpaired) electrons. The Balaban J connectivity index is 1.23. The van der Waals surface area contributed by atoms with E-state index in [0.717, 1.165) is 11.1 Å². The third-order valence-electron chi connectivity index (χ3n) is 7.13. The van der Waals surface area contributed by atoms with Crippen molar-refractivity contribution >= 4 is 33.4 Å². The molecule has 3 aromatic rings. The predicted octanol–water partition coefficient (Wildman–Crippen LogP) is 3.20. The highest BCUT2D eigenvalue weighted by molar-refractivity contribution is 7.89. The van der Waals surface area contributed by atoms with E-state index >= 15 is 0 Å². The molecule has 2 aliphatic heterocycles. The normalized spacial score (nSPS) is 15.5. The maximum atomic E-state index is 13.4. The first kappa shape index (κ1) is 30.6. The molecule has 1 fully saturated rings. The van der Waals surface area contributed by atoms with Gasteiger partial charge in [0.1, 0.15) is 11.8 Å². The van der Waals surface area contributed by atoms with Crippen LogP contribution < -0.4 is 19.5 Å². The second-order valence-electron chi connectivity index (χ2n) is 10.0. The van der Waals surface area contributed by atoms with Crippen molar-refractivity contribution in [1.29, 1.82) is 0 Å². The first-order chi connectivity index (χ1) is 20.7. The van der Waals surface area contributed by atoms with Crippen LogP contribution in [0.1, 0.15) is 18.1 Å². The van der Waals surface area contributed by atoms with E-state index in [2.05, 4.69) is 5.32 Å². The zero-order valence-electron chi connectivity index (χ0n) is 23.5. The number of amides is 2. The lowest BCUT2D eigenvalue weighted by Crippen LogP contribution is -2.48. The number of fused-ring (bicyclic) bond motifs is 1. The molecule has 228 valence electrons. The number of carbonyl (C=O) groups is 2. The maximum absolute atomic E-state index is 13.4. The molecule has 1 saturated heterocycles. The third kappa shape index (κ3) is 7.57. The van der Waals surface area contributed by atoms with Crippen LogP contribution in [-0.2, 0) is 37.4 Å². The van der Waals surface area contributed by atoms with Gasteiger partial charge in [0.05, 0.1) is 18.1 Å². The summed E-state index contributed by atoms with van der Waals surface area (Å²) in [5.74, 6) is 0.809. The van der Waals surface area contributed by atoms with Gasteiger partial charge in [-0.3, -0.25) is 9.59 Å². The number of ether oxygens (including phenoxy) is 4. The zero-order chi connectivity index (χ0) is 30.4. The lowest BCUT2D eigenvalue weighted by Gasteiger charge is -2.29. The molecule has 0 aromatic heterocycles. The Labute approximate surface area is 255 Å². The molecule has 2 aliphatic rings. The predicted molar refractivity (Wildman–Crippen MR) is 157 cm³/mol. The number of nitrogens with zero attached hydrogens (tertiary/aromatic N) is 2. The quantitative estimate of drug-likeness (QED) is 0.343. The molecule has 1 N–H and O–H groups in total. The molecule has 1 atom stereocenters. The molecule has 43 heavy (non-hydrogen) atoms. The van der Waals surface area contributed by atoms with Crippen LogP contribution in [0.3, 0.4) is 0 Å². The van der Waals surface area contributed by atoms with Gasteiger partial charge in [0.25, 0.3) is 5.91 Å². The number of halogens is 1. The van der Waals surface area contributed by atoms with E-state index in [4.69, 9.17) is 30.5 Å². The highest BCUT2D eigenvalue weighted by Gasteiger charge is 2.28. The molecule has 11 nitrogen and oxygen atoms in total. The maximum Gasteiger partial charge on any atom is 0.261 e. The Bertz CT molecular complexity index is 1540. The van der Waals surface area contributed by atoms with E-state index in [0.29, 0.717) is 48.6 Å². The lowest BCUT2D eigenvalue weighted by atomic mass is 10.1. The Hall–Kier alpha value is -3.84. The first-order valence-corrected chi connectivity index (χ1v) is 15.5. The number of sulfonamides is 1. The van der Waals surface area contributed by atoms with Gasteiger partial charge in [-0.1, -0.05) is 29.8 Å². The second-order valence-corrected chi connectivity index (χ2v) is 12.4. The van der Waals surface area contributed by atoms with Gasteiger partial charge in [-0.05, 0) is 66.6 Å². The zero-order valence-corrected chi connectivity index (χ0v) is 25.1. The van der Waals surface area contributed by atoms with Crippen molar-refractivity contribution in [2.45, 2.75) is 31.0 Å². The van der Waals surface area contributed by atoms with Crippen molar-refractivity contribution in [2.24, 2.45) is 0 Å². The van der Waals surface area contributed by atoms with Gasteiger partial charge in [0, 0.05) is 31.2 Å². The van der Waals surface area contributed by atoms with Crippen molar-refractivity contribution < 1.29 is 37.0 Å². The summed E-state index contributed by atoms with van der Waals surface area (Å²) in [7, 11) is -3.66. The molecule has 0 bridgehead atoms. The second kappa shape index (κ2) is 13.6. The fourth-order valence-electron chi connectivity index (χ4n) is 4.63. The van der Waals surface area contributed by atoms with Crippen molar-refractivity contribution in [3.05, 3.63) is 82.9 Å². The van der Waals surface area contributed by atoms with E-state index in [-0.39, 0.29) is 37.3 Å². The van der Waals surface area contributed by atoms with E-state index in [1.807, 2.05) is 6.07 Å². The number of nitrogens with one attached hydrogen (secondary N) is 1. The van der Waals surface area contributed by atoms with Gasteiger partial charge in [0.2, 0.25) is 22.7 Å². The highest BCUT2D eigenvalue weighted by atomic mass is 35.5. The minimum absolute atomic E-state index is 0.130. The molecule has 0 saturated carbocycles. The highest BCUT2D eigenvalue weighted by Crippen LogP contribution is 2.32. The van der Waals surface area contributed by atoms with Crippen LogP contribution in [0, 0.1) is 0 Å². The summed E-state index contributed by atoms with van der Waals surface area (Å²) in [6, 6.07) is 17.5. The van der Waals surface area contributed by atoms with Crippen LogP contribution in [0.25, 0.3) is 0 Å².